The Morgan fingerprint density at radius 3 is 3.00 bits per heavy atom. The van der Waals surface area contributed by atoms with Gasteiger partial charge in [0.2, 0.25) is 6.39 Å². The van der Waals surface area contributed by atoms with Gasteiger partial charge in [0.15, 0.2) is 5.82 Å². The van der Waals surface area contributed by atoms with Crippen LogP contribution < -0.4 is 4.74 Å². The van der Waals surface area contributed by atoms with Crippen LogP contribution in [0, 0.1) is 0 Å². The van der Waals surface area contributed by atoms with Crippen LogP contribution in [0.25, 0.3) is 11.0 Å². The van der Waals surface area contributed by atoms with Gasteiger partial charge in [0.05, 0.1) is 24.5 Å². The van der Waals surface area contributed by atoms with Crippen LogP contribution in [-0.2, 0) is 12.4 Å². The Morgan fingerprint density at radius 1 is 1.40 bits per heavy atom. The smallest absolute Gasteiger partial charge is 0.213 e. The Bertz CT molecular complexity index is 709. The number of aromatic nitrogens is 4. The summed E-state index contributed by atoms with van der Waals surface area (Å²) in [6, 6.07) is 5.80. The second-order valence-corrected chi connectivity index (χ2v) is 4.42. The third-order valence-electron chi connectivity index (χ3n) is 2.95. The van der Waals surface area contributed by atoms with E-state index < -0.39 is 0 Å². The van der Waals surface area contributed by atoms with Gasteiger partial charge in [0.25, 0.3) is 0 Å². The molecule has 3 rings (SSSR count). The molecule has 0 bridgehead atoms. The zero-order chi connectivity index (χ0) is 13.9. The van der Waals surface area contributed by atoms with Crippen molar-refractivity contribution in [3.05, 3.63) is 36.2 Å². The molecule has 0 saturated heterocycles. The molecule has 0 aliphatic carbocycles. The lowest BCUT2D eigenvalue weighted by molar-refractivity contribution is 0.343. The van der Waals surface area contributed by atoms with E-state index in [1.54, 1.807) is 0 Å². The normalized spacial score (nSPS) is 11.1. The number of hydrogen-bond acceptors (Lipinski definition) is 5. The first kappa shape index (κ1) is 12.9. The Morgan fingerprint density at radius 2 is 2.30 bits per heavy atom. The van der Waals surface area contributed by atoms with E-state index in [0.29, 0.717) is 24.9 Å². The van der Waals surface area contributed by atoms with Gasteiger partial charge < -0.3 is 13.8 Å². The molecule has 0 unspecified atom stereocenters. The lowest BCUT2D eigenvalue weighted by atomic mass is 10.3. The van der Waals surface area contributed by atoms with Crippen molar-refractivity contribution in [2.24, 2.45) is 0 Å². The summed E-state index contributed by atoms with van der Waals surface area (Å²) in [6.45, 7) is 3.00. The molecule has 0 amide bonds. The molecule has 7 heteroatoms. The quantitative estimate of drug-likeness (QED) is 0.676. The van der Waals surface area contributed by atoms with E-state index in [9.17, 15) is 0 Å². The largest absolute Gasteiger partial charge is 0.492 e. The summed E-state index contributed by atoms with van der Waals surface area (Å²) in [4.78, 5) is 8.58. The maximum atomic E-state index is 5.98. The summed E-state index contributed by atoms with van der Waals surface area (Å²) < 4.78 is 12.3. The molecule has 0 radical (unpaired) electrons. The summed E-state index contributed by atoms with van der Waals surface area (Å²) in [7, 11) is 0. The number of imidazole rings is 1. The van der Waals surface area contributed by atoms with E-state index in [1.165, 1.54) is 6.39 Å². The number of halogens is 1. The van der Waals surface area contributed by atoms with E-state index in [-0.39, 0.29) is 0 Å². The van der Waals surface area contributed by atoms with Gasteiger partial charge in [-0.3, -0.25) is 0 Å². The van der Waals surface area contributed by atoms with Gasteiger partial charge in [-0.05, 0) is 19.1 Å². The average molecular weight is 293 g/mol. The first-order valence-corrected chi connectivity index (χ1v) is 6.79. The Kier molecular flexibility index (Phi) is 3.56. The van der Waals surface area contributed by atoms with E-state index in [0.717, 1.165) is 22.6 Å². The molecule has 6 nitrogen and oxygen atoms in total. The van der Waals surface area contributed by atoms with Crippen LogP contribution >= 0.6 is 11.6 Å². The molecule has 3 aromatic rings. The van der Waals surface area contributed by atoms with Crippen molar-refractivity contribution in [1.82, 2.24) is 19.7 Å². The molecule has 2 heterocycles. The highest BCUT2D eigenvalue weighted by Crippen LogP contribution is 2.27. The van der Waals surface area contributed by atoms with Gasteiger partial charge in [-0.1, -0.05) is 11.2 Å². The molecule has 1 aromatic carbocycles. The summed E-state index contributed by atoms with van der Waals surface area (Å²) in [5.41, 5.74) is 1.74. The minimum Gasteiger partial charge on any atom is -0.492 e. The van der Waals surface area contributed by atoms with Gasteiger partial charge in [0, 0.05) is 0 Å². The molecular weight excluding hydrogens is 280 g/mol. The predicted octanol–water partition coefficient (Wildman–Crippen LogP) is 2.61. The van der Waals surface area contributed by atoms with E-state index in [2.05, 4.69) is 15.1 Å². The predicted molar refractivity (Wildman–Crippen MR) is 73.9 cm³/mol. The van der Waals surface area contributed by atoms with Crippen LogP contribution in [-0.4, -0.2) is 26.3 Å². The van der Waals surface area contributed by atoms with Gasteiger partial charge >= 0.3 is 0 Å². The number of fused-ring (bicyclic) bond motifs is 1. The minimum atomic E-state index is 0.304. The van der Waals surface area contributed by atoms with Crippen molar-refractivity contribution in [2.45, 2.75) is 19.3 Å². The molecular formula is C13H13ClN4O2. The van der Waals surface area contributed by atoms with Gasteiger partial charge in [-0.15, -0.1) is 11.6 Å². The van der Waals surface area contributed by atoms with Gasteiger partial charge in [0.1, 0.15) is 17.1 Å². The Labute approximate surface area is 120 Å². The maximum Gasteiger partial charge on any atom is 0.213 e. The molecule has 104 valence electrons. The highest BCUT2D eigenvalue weighted by molar-refractivity contribution is 6.16. The molecule has 0 fully saturated rings. The van der Waals surface area contributed by atoms with Crippen molar-refractivity contribution in [3.8, 4) is 5.75 Å². The summed E-state index contributed by atoms with van der Waals surface area (Å²) >= 11 is 5.98. The number of benzene rings is 1. The van der Waals surface area contributed by atoms with Crippen LogP contribution in [0.4, 0.5) is 0 Å². The number of nitrogens with zero attached hydrogens (tertiary/aromatic N) is 4. The number of hydrogen-bond donors (Lipinski definition) is 0. The number of rotatable bonds is 5. The fraction of sp³-hybridized carbons (Fsp3) is 0.308. The van der Waals surface area contributed by atoms with Crippen molar-refractivity contribution in [3.63, 3.8) is 0 Å². The van der Waals surface area contributed by atoms with Crippen molar-refractivity contribution < 1.29 is 9.26 Å². The SMILES string of the molecule is CCOc1cccc2c1nc(CCl)n2Cc1ncon1. The Balaban J connectivity index is 2.12. The Hall–Kier alpha value is -2.08. The highest BCUT2D eigenvalue weighted by atomic mass is 35.5. The van der Waals surface area contributed by atoms with E-state index in [4.69, 9.17) is 20.9 Å². The fourth-order valence-corrected chi connectivity index (χ4v) is 2.33. The standard InChI is InChI=1S/C13H13ClN4O2/c1-2-19-10-5-3-4-9-13(10)16-12(6-14)18(9)7-11-15-8-20-17-11/h3-5,8H,2,6-7H2,1H3. The molecule has 0 spiro atoms. The van der Waals surface area contributed by atoms with Crippen LogP contribution in [0.15, 0.2) is 29.1 Å². The monoisotopic (exact) mass is 292 g/mol. The zero-order valence-corrected chi connectivity index (χ0v) is 11.7. The summed E-state index contributed by atoms with van der Waals surface area (Å²) in [5, 5.41) is 3.82. The summed E-state index contributed by atoms with van der Waals surface area (Å²) in [5.74, 6) is 2.39. The molecule has 20 heavy (non-hydrogen) atoms. The lowest BCUT2D eigenvalue weighted by Gasteiger charge is -2.05. The second-order valence-electron chi connectivity index (χ2n) is 4.15. The molecule has 0 aliphatic heterocycles. The molecule has 0 atom stereocenters. The van der Waals surface area contributed by atoms with Crippen molar-refractivity contribution in [2.75, 3.05) is 6.61 Å². The highest BCUT2D eigenvalue weighted by Gasteiger charge is 2.15. The molecule has 0 saturated carbocycles. The lowest BCUT2D eigenvalue weighted by Crippen LogP contribution is -2.05. The van der Waals surface area contributed by atoms with Gasteiger partial charge in [-0.2, -0.15) is 4.98 Å². The third-order valence-corrected chi connectivity index (χ3v) is 3.19. The fourth-order valence-electron chi connectivity index (χ4n) is 2.12. The molecule has 0 aliphatic rings. The minimum absolute atomic E-state index is 0.304. The molecule has 0 N–H and O–H groups in total. The van der Waals surface area contributed by atoms with Crippen LogP contribution in [0.5, 0.6) is 5.75 Å². The van der Waals surface area contributed by atoms with Crippen molar-refractivity contribution >= 4 is 22.6 Å². The van der Waals surface area contributed by atoms with E-state index >= 15 is 0 Å². The van der Waals surface area contributed by atoms with Crippen LogP contribution in [0.3, 0.4) is 0 Å². The first-order valence-electron chi connectivity index (χ1n) is 6.25. The first-order chi connectivity index (χ1) is 9.83. The van der Waals surface area contributed by atoms with Crippen molar-refractivity contribution in [1.29, 1.82) is 0 Å². The maximum absolute atomic E-state index is 5.98. The second kappa shape index (κ2) is 5.50. The van der Waals surface area contributed by atoms with Gasteiger partial charge in [-0.25, -0.2) is 4.98 Å². The number of alkyl halides is 1. The van der Waals surface area contributed by atoms with Crippen LogP contribution in [0.2, 0.25) is 0 Å². The topological polar surface area (TPSA) is 66.0 Å². The van der Waals surface area contributed by atoms with E-state index in [1.807, 2.05) is 29.7 Å². The number of para-hydroxylation sites is 1. The summed E-state index contributed by atoms with van der Waals surface area (Å²) in [6.07, 6.45) is 1.31. The zero-order valence-electron chi connectivity index (χ0n) is 10.9. The third kappa shape index (κ3) is 2.22. The average Bonchev–Trinajstić information content (AvgIpc) is 3.08. The van der Waals surface area contributed by atoms with Crippen LogP contribution in [0.1, 0.15) is 18.6 Å². The number of ether oxygens (including phenoxy) is 1. The molecule has 2 aromatic heterocycles.